The summed E-state index contributed by atoms with van der Waals surface area (Å²) in [4.78, 5) is 10.5. The highest BCUT2D eigenvalue weighted by Crippen LogP contribution is 2.23. The van der Waals surface area contributed by atoms with Gasteiger partial charge in [0.05, 0.1) is 0 Å². The topological polar surface area (TPSA) is 46.5 Å². The molecule has 1 N–H and O–H groups in total. The smallest absolute Gasteiger partial charge is 0.325 e. The molecule has 15 heavy (non-hydrogen) atoms. The first-order valence-electron chi connectivity index (χ1n) is 4.26. The molecule has 1 aromatic carbocycles. The van der Waals surface area contributed by atoms with Gasteiger partial charge in [-0.05, 0) is 24.6 Å². The summed E-state index contributed by atoms with van der Waals surface area (Å²) in [5, 5.41) is 7.54. The molecule has 3 nitrogen and oxygen atoms in total. The number of carbonyl (C=O) groups is 1. The molecular weight excluding hydrogens is 283 g/mol. The van der Waals surface area contributed by atoms with E-state index in [4.69, 9.17) is 21.4 Å². The number of halogens is 2. The zero-order chi connectivity index (χ0) is 11.4. The lowest BCUT2D eigenvalue weighted by Crippen LogP contribution is -2.21. The van der Waals surface area contributed by atoms with E-state index in [1.165, 1.54) is 0 Å². The van der Waals surface area contributed by atoms with E-state index in [1.807, 2.05) is 19.1 Å². The Balaban J connectivity index is 2.65. The molecule has 0 saturated heterocycles. The maximum absolute atomic E-state index is 10.5. The zero-order valence-corrected chi connectivity index (χ0v) is 10.4. The van der Waals surface area contributed by atoms with Crippen LogP contribution in [-0.4, -0.2) is 23.1 Å². The molecule has 1 rings (SSSR count). The maximum atomic E-state index is 10.5. The largest absolute Gasteiger partial charge is 0.491 e. The average molecular weight is 294 g/mol. The van der Waals surface area contributed by atoms with Crippen LogP contribution in [0.4, 0.5) is 0 Å². The fraction of sp³-hybridized carbons (Fsp3) is 0.300. The number of rotatable bonds is 4. The summed E-state index contributed by atoms with van der Waals surface area (Å²) < 4.78 is 6.18. The monoisotopic (exact) mass is 292 g/mol. The summed E-state index contributed by atoms with van der Waals surface area (Å²) in [5.41, 5.74) is 0.937. The Kier molecular flexibility index (Phi) is 4.42. The number of ether oxygens (including phenoxy) is 1. The van der Waals surface area contributed by atoms with Crippen molar-refractivity contribution in [3.8, 4) is 5.75 Å². The van der Waals surface area contributed by atoms with Gasteiger partial charge in [-0.1, -0.05) is 22.0 Å². The Bertz CT molecular complexity index is 368. The van der Waals surface area contributed by atoms with Gasteiger partial charge in [0.25, 0.3) is 0 Å². The molecule has 0 bridgehead atoms. The molecule has 1 atom stereocenters. The van der Waals surface area contributed by atoms with Gasteiger partial charge in [-0.25, -0.2) is 0 Å². The molecule has 0 aliphatic heterocycles. The second kappa shape index (κ2) is 5.37. The lowest BCUT2D eigenvalue weighted by molar-refractivity contribution is -0.137. The predicted molar refractivity (Wildman–Crippen MR) is 61.7 cm³/mol. The molecule has 0 aliphatic carbocycles. The molecule has 0 amide bonds. The lowest BCUT2D eigenvalue weighted by Gasteiger charge is -2.10. The molecule has 0 aromatic heterocycles. The number of carboxylic acids is 1. The zero-order valence-electron chi connectivity index (χ0n) is 8.04. The van der Waals surface area contributed by atoms with Crippen LogP contribution in [0.2, 0.25) is 0 Å². The molecule has 0 aliphatic rings. The number of hydrogen-bond acceptors (Lipinski definition) is 2. The van der Waals surface area contributed by atoms with Gasteiger partial charge in [-0.2, -0.15) is 0 Å². The normalized spacial score (nSPS) is 12.2. The fourth-order valence-corrected chi connectivity index (χ4v) is 1.37. The van der Waals surface area contributed by atoms with Crippen molar-refractivity contribution >= 4 is 33.5 Å². The van der Waals surface area contributed by atoms with Crippen molar-refractivity contribution in [2.75, 3.05) is 6.61 Å². The summed E-state index contributed by atoms with van der Waals surface area (Å²) >= 11 is 8.82. The minimum absolute atomic E-state index is 0.0474. The van der Waals surface area contributed by atoms with E-state index in [9.17, 15) is 4.79 Å². The highest BCUT2D eigenvalue weighted by atomic mass is 79.9. The predicted octanol–water partition coefficient (Wildman–Crippen LogP) is 2.83. The highest BCUT2D eigenvalue weighted by Gasteiger charge is 2.14. The van der Waals surface area contributed by atoms with Crippen LogP contribution in [0.5, 0.6) is 5.75 Å². The first-order valence-corrected chi connectivity index (χ1v) is 5.49. The van der Waals surface area contributed by atoms with Crippen LogP contribution < -0.4 is 4.74 Å². The number of alkyl halides is 1. The average Bonchev–Trinajstić information content (AvgIpc) is 2.18. The molecule has 0 radical (unpaired) electrons. The van der Waals surface area contributed by atoms with Crippen molar-refractivity contribution < 1.29 is 14.6 Å². The van der Waals surface area contributed by atoms with Crippen LogP contribution in [0.15, 0.2) is 22.7 Å². The van der Waals surface area contributed by atoms with Crippen LogP contribution >= 0.6 is 27.5 Å². The third-order valence-corrected chi connectivity index (χ3v) is 2.61. The van der Waals surface area contributed by atoms with E-state index < -0.39 is 11.3 Å². The van der Waals surface area contributed by atoms with E-state index in [-0.39, 0.29) is 6.61 Å². The summed E-state index contributed by atoms with van der Waals surface area (Å²) in [6.45, 7) is 1.83. The molecule has 0 spiro atoms. The van der Waals surface area contributed by atoms with E-state index in [0.717, 1.165) is 10.0 Å². The first kappa shape index (κ1) is 12.3. The van der Waals surface area contributed by atoms with E-state index >= 15 is 0 Å². The molecule has 1 aromatic rings. The summed E-state index contributed by atoms with van der Waals surface area (Å²) in [6, 6.07) is 5.54. The molecule has 0 heterocycles. The minimum atomic E-state index is -1.08. The minimum Gasteiger partial charge on any atom is -0.491 e. The third-order valence-electron chi connectivity index (χ3n) is 1.80. The van der Waals surface area contributed by atoms with Gasteiger partial charge in [0.15, 0.2) is 5.38 Å². The maximum Gasteiger partial charge on any atom is 0.325 e. The van der Waals surface area contributed by atoms with Gasteiger partial charge in [0.2, 0.25) is 0 Å². The van der Waals surface area contributed by atoms with Gasteiger partial charge in [-0.15, -0.1) is 11.6 Å². The Labute approximate surface area is 101 Å². The molecule has 82 valence electrons. The Morgan fingerprint density at radius 1 is 1.67 bits per heavy atom. The van der Waals surface area contributed by atoms with Crippen LogP contribution in [0.25, 0.3) is 0 Å². The number of benzene rings is 1. The van der Waals surface area contributed by atoms with Crippen LogP contribution in [0.1, 0.15) is 5.56 Å². The second-order valence-electron chi connectivity index (χ2n) is 3.03. The number of aliphatic carboxylic acids is 1. The molecule has 1 unspecified atom stereocenters. The second-order valence-corrected chi connectivity index (χ2v) is 4.47. The molecular formula is C10H10BrClO3. The van der Waals surface area contributed by atoms with Crippen molar-refractivity contribution in [2.24, 2.45) is 0 Å². The number of carboxylic acid groups (broad SMARTS) is 1. The Hall–Kier alpha value is -0.740. The number of aryl methyl sites for hydroxylation is 1. The van der Waals surface area contributed by atoms with Crippen molar-refractivity contribution in [1.29, 1.82) is 0 Å². The van der Waals surface area contributed by atoms with Gasteiger partial charge >= 0.3 is 5.97 Å². The van der Waals surface area contributed by atoms with Gasteiger partial charge in [0.1, 0.15) is 12.4 Å². The third kappa shape index (κ3) is 3.72. The quantitative estimate of drug-likeness (QED) is 0.868. The Morgan fingerprint density at radius 3 is 2.93 bits per heavy atom. The summed E-state index contributed by atoms with van der Waals surface area (Å²) in [5.74, 6) is -0.444. The highest BCUT2D eigenvalue weighted by molar-refractivity contribution is 9.10. The van der Waals surface area contributed by atoms with E-state index in [0.29, 0.717) is 5.75 Å². The van der Waals surface area contributed by atoms with Crippen molar-refractivity contribution in [3.05, 3.63) is 28.2 Å². The van der Waals surface area contributed by atoms with Gasteiger partial charge in [-0.3, -0.25) is 4.79 Å². The molecule has 0 saturated carbocycles. The molecule has 5 heteroatoms. The van der Waals surface area contributed by atoms with Crippen molar-refractivity contribution in [1.82, 2.24) is 0 Å². The number of hydrogen-bond donors (Lipinski definition) is 1. The van der Waals surface area contributed by atoms with Crippen LogP contribution in [0, 0.1) is 6.92 Å². The van der Waals surface area contributed by atoms with Crippen molar-refractivity contribution in [2.45, 2.75) is 12.3 Å². The van der Waals surface area contributed by atoms with E-state index in [2.05, 4.69) is 15.9 Å². The summed E-state index contributed by atoms with van der Waals surface area (Å²) in [7, 11) is 0. The Morgan fingerprint density at radius 2 is 2.33 bits per heavy atom. The van der Waals surface area contributed by atoms with E-state index in [1.54, 1.807) is 6.07 Å². The SMILES string of the molecule is Cc1ccc(Br)cc1OCC(Cl)C(=O)O. The summed E-state index contributed by atoms with van der Waals surface area (Å²) in [6.07, 6.45) is 0. The van der Waals surface area contributed by atoms with Crippen LogP contribution in [0.3, 0.4) is 0 Å². The molecule has 0 fully saturated rings. The van der Waals surface area contributed by atoms with Crippen molar-refractivity contribution in [3.63, 3.8) is 0 Å². The van der Waals surface area contributed by atoms with Gasteiger partial charge < -0.3 is 9.84 Å². The van der Waals surface area contributed by atoms with Gasteiger partial charge in [0, 0.05) is 4.47 Å². The van der Waals surface area contributed by atoms with Crippen LogP contribution in [-0.2, 0) is 4.79 Å². The first-order chi connectivity index (χ1) is 7.00. The fourth-order valence-electron chi connectivity index (χ4n) is 0.964. The lowest BCUT2D eigenvalue weighted by atomic mass is 10.2. The standard InChI is InChI=1S/C10H10BrClO3/c1-6-2-3-7(11)4-9(6)15-5-8(12)10(13)14/h2-4,8H,5H2,1H3,(H,13,14).